The Hall–Kier alpha value is -1.37. The Kier molecular flexibility index (Phi) is 3.55. The monoisotopic (exact) mass is 215 g/mol. The van der Waals surface area contributed by atoms with Gasteiger partial charge in [0.25, 0.3) is 0 Å². The second-order valence-corrected chi connectivity index (χ2v) is 4.37. The molecule has 1 aromatic carbocycles. The number of nitrogens with two attached hydrogens (primary N) is 1. The molecule has 2 rings (SSSR count). The highest BCUT2D eigenvalue weighted by molar-refractivity contribution is 5.15. The van der Waals surface area contributed by atoms with Crippen molar-refractivity contribution in [3.63, 3.8) is 0 Å². The zero-order valence-corrected chi connectivity index (χ0v) is 9.34. The summed E-state index contributed by atoms with van der Waals surface area (Å²) in [5, 5.41) is 8.95. The minimum atomic E-state index is 0.150. The third-order valence-electron chi connectivity index (χ3n) is 3.21. The van der Waals surface area contributed by atoms with E-state index in [1.54, 1.807) is 0 Å². The fraction of sp³-hybridized carbons (Fsp3) is 0.462. The zero-order valence-electron chi connectivity index (χ0n) is 9.34. The molecule has 0 radical (unpaired) electrons. The number of nitrogens with zero attached hydrogens (tertiary/aromatic N) is 2. The predicted molar refractivity (Wildman–Crippen MR) is 63.4 cm³/mol. The highest BCUT2D eigenvalue weighted by Crippen LogP contribution is 2.23. The van der Waals surface area contributed by atoms with Crippen molar-refractivity contribution in [2.75, 3.05) is 13.1 Å². The summed E-state index contributed by atoms with van der Waals surface area (Å²) >= 11 is 0. The van der Waals surface area contributed by atoms with Gasteiger partial charge in [-0.25, -0.2) is 0 Å². The molecule has 1 fully saturated rings. The lowest BCUT2D eigenvalue weighted by atomic mass is 10.1. The lowest BCUT2D eigenvalue weighted by molar-refractivity contribution is 0.248. The molecule has 1 aromatic rings. The molecule has 1 aliphatic heterocycles. The van der Waals surface area contributed by atoms with Gasteiger partial charge in [-0.1, -0.05) is 30.3 Å². The fourth-order valence-electron chi connectivity index (χ4n) is 2.33. The first-order chi connectivity index (χ1) is 7.83. The normalized spacial score (nSPS) is 25.5. The predicted octanol–water partition coefficient (Wildman–Crippen LogP) is 1.36. The summed E-state index contributed by atoms with van der Waals surface area (Å²) in [6.45, 7) is 2.40. The van der Waals surface area contributed by atoms with Crippen molar-refractivity contribution in [2.24, 2.45) is 11.7 Å². The zero-order chi connectivity index (χ0) is 11.4. The van der Waals surface area contributed by atoms with Crippen molar-refractivity contribution in [2.45, 2.75) is 19.0 Å². The maximum Gasteiger partial charge on any atom is 0.0669 e. The molecule has 1 heterocycles. The molecule has 16 heavy (non-hydrogen) atoms. The fourth-order valence-corrected chi connectivity index (χ4v) is 2.33. The molecule has 0 saturated carbocycles. The summed E-state index contributed by atoms with van der Waals surface area (Å²) in [5.41, 5.74) is 7.03. The van der Waals surface area contributed by atoms with Crippen molar-refractivity contribution in [3.05, 3.63) is 35.9 Å². The maximum absolute atomic E-state index is 8.95. The second kappa shape index (κ2) is 5.11. The first kappa shape index (κ1) is 11.1. The SMILES string of the molecule is N#C[C@@H]1C[C@H](CN)N(Cc2ccccc2)C1. The summed E-state index contributed by atoms with van der Waals surface area (Å²) in [6.07, 6.45) is 0.917. The van der Waals surface area contributed by atoms with Crippen LogP contribution in [0.2, 0.25) is 0 Å². The van der Waals surface area contributed by atoms with Crippen LogP contribution in [0.3, 0.4) is 0 Å². The largest absolute Gasteiger partial charge is 0.329 e. The van der Waals surface area contributed by atoms with E-state index in [0.717, 1.165) is 19.5 Å². The molecule has 2 N–H and O–H groups in total. The molecule has 0 amide bonds. The molecule has 1 aliphatic rings. The highest BCUT2D eigenvalue weighted by atomic mass is 15.2. The van der Waals surface area contributed by atoms with E-state index in [4.69, 9.17) is 11.0 Å². The summed E-state index contributed by atoms with van der Waals surface area (Å²) in [6, 6.07) is 13.1. The summed E-state index contributed by atoms with van der Waals surface area (Å²) < 4.78 is 0. The Morgan fingerprint density at radius 1 is 1.38 bits per heavy atom. The van der Waals surface area contributed by atoms with Gasteiger partial charge in [-0.05, 0) is 12.0 Å². The van der Waals surface area contributed by atoms with Gasteiger partial charge in [0.15, 0.2) is 0 Å². The van der Waals surface area contributed by atoms with E-state index >= 15 is 0 Å². The number of likely N-dealkylation sites (tertiary alicyclic amines) is 1. The van der Waals surface area contributed by atoms with E-state index in [-0.39, 0.29) is 5.92 Å². The molecule has 0 aliphatic carbocycles. The quantitative estimate of drug-likeness (QED) is 0.828. The lowest BCUT2D eigenvalue weighted by Crippen LogP contribution is -2.34. The van der Waals surface area contributed by atoms with Crippen LogP contribution < -0.4 is 5.73 Å². The third kappa shape index (κ3) is 2.41. The van der Waals surface area contributed by atoms with Gasteiger partial charge in [-0.2, -0.15) is 5.26 Å². The molecule has 3 heteroatoms. The van der Waals surface area contributed by atoms with Crippen molar-refractivity contribution in [3.8, 4) is 6.07 Å². The summed E-state index contributed by atoms with van der Waals surface area (Å²) in [4.78, 5) is 2.32. The van der Waals surface area contributed by atoms with Gasteiger partial charge < -0.3 is 5.73 Å². The van der Waals surface area contributed by atoms with E-state index < -0.39 is 0 Å². The first-order valence-corrected chi connectivity index (χ1v) is 5.71. The van der Waals surface area contributed by atoms with Gasteiger partial charge in [-0.3, -0.25) is 4.90 Å². The average Bonchev–Trinajstić information content (AvgIpc) is 2.73. The minimum absolute atomic E-state index is 0.150. The van der Waals surface area contributed by atoms with Crippen LogP contribution in [0, 0.1) is 17.2 Å². The Bertz CT molecular complexity index is 369. The molecule has 0 unspecified atom stereocenters. The van der Waals surface area contributed by atoms with E-state index in [1.807, 2.05) is 18.2 Å². The summed E-state index contributed by atoms with van der Waals surface area (Å²) in [5.74, 6) is 0.150. The van der Waals surface area contributed by atoms with E-state index in [1.165, 1.54) is 5.56 Å². The lowest BCUT2D eigenvalue weighted by Gasteiger charge is -2.22. The molecule has 1 saturated heterocycles. The van der Waals surface area contributed by atoms with E-state index in [9.17, 15) is 0 Å². The van der Waals surface area contributed by atoms with Gasteiger partial charge in [-0.15, -0.1) is 0 Å². The van der Waals surface area contributed by atoms with Crippen LogP contribution in [0.15, 0.2) is 30.3 Å². The Morgan fingerprint density at radius 3 is 2.75 bits per heavy atom. The molecule has 84 valence electrons. The van der Waals surface area contributed by atoms with Crippen LogP contribution in [0.4, 0.5) is 0 Å². The third-order valence-corrected chi connectivity index (χ3v) is 3.21. The Morgan fingerprint density at radius 2 is 2.12 bits per heavy atom. The molecular formula is C13H17N3. The van der Waals surface area contributed by atoms with Crippen molar-refractivity contribution < 1.29 is 0 Å². The van der Waals surface area contributed by atoms with Crippen LogP contribution in [0.25, 0.3) is 0 Å². The van der Waals surface area contributed by atoms with Crippen LogP contribution in [-0.2, 0) is 6.54 Å². The second-order valence-electron chi connectivity index (χ2n) is 4.37. The number of rotatable bonds is 3. The topological polar surface area (TPSA) is 53.1 Å². The number of hydrogen-bond donors (Lipinski definition) is 1. The molecule has 3 nitrogen and oxygen atoms in total. The number of benzene rings is 1. The molecule has 0 bridgehead atoms. The molecular weight excluding hydrogens is 198 g/mol. The van der Waals surface area contributed by atoms with Gasteiger partial charge in [0.1, 0.15) is 0 Å². The smallest absolute Gasteiger partial charge is 0.0669 e. The first-order valence-electron chi connectivity index (χ1n) is 5.71. The van der Waals surface area contributed by atoms with Gasteiger partial charge >= 0.3 is 0 Å². The Labute approximate surface area is 96.5 Å². The van der Waals surface area contributed by atoms with E-state index in [0.29, 0.717) is 12.6 Å². The van der Waals surface area contributed by atoms with Gasteiger partial charge in [0, 0.05) is 25.7 Å². The molecule has 2 atom stereocenters. The standard InChI is InChI=1S/C13H17N3/c14-7-12-6-13(8-15)16(10-12)9-11-4-2-1-3-5-11/h1-5,12-13H,6,8-10,15H2/t12-,13+/m0/s1. The van der Waals surface area contributed by atoms with E-state index in [2.05, 4.69) is 23.1 Å². The number of hydrogen-bond acceptors (Lipinski definition) is 3. The summed E-state index contributed by atoms with van der Waals surface area (Å²) in [7, 11) is 0. The van der Waals surface area contributed by atoms with Crippen molar-refractivity contribution >= 4 is 0 Å². The van der Waals surface area contributed by atoms with Crippen molar-refractivity contribution in [1.29, 1.82) is 5.26 Å². The van der Waals surface area contributed by atoms with Gasteiger partial charge in [0.2, 0.25) is 0 Å². The Balaban J connectivity index is 2.02. The molecule has 0 aromatic heterocycles. The average molecular weight is 215 g/mol. The van der Waals surface area contributed by atoms with Crippen molar-refractivity contribution in [1.82, 2.24) is 4.90 Å². The van der Waals surface area contributed by atoms with Crippen LogP contribution >= 0.6 is 0 Å². The minimum Gasteiger partial charge on any atom is -0.329 e. The van der Waals surface area contributed by atoms with Crippen LogP contribution in [-0.4, -0.2) is 24.0 Å². The highest BCUT2D eigenvalue weighted by Gasteiger charge is 2.30. The maximum atomic E-state index is 8.95. The number of nitriles is 1. The van der Waals surface area contributed by atoms with Crippen LogP contribution in [0.5, 0.6) is 0 Å². The van der Waals surface area contributed by atoms with Gasteiger partial charge in [0.05, 0.1) is 12.0 Å². The molecule has 0 spiro atoms. The van der Waals surface area contributed by atoms with Crippen LogP contribution in [0.1, 0.15) is 12.0 Å².